The lowest BCUT2D eigenvalue weighted by Gasteiger charge is -2.11. The fourth-order valence-electron chi connectivity index (χ4n) is 2.32. The van der Waals surface area contributed by atoms with Crippen LogP contribution in [0.1, 0.15) is 15.9 Å². The molecule has 0 aromatic heterocycles. The van der Waals surface area contributed by atoms with Gasteiger partial charge in [0, 0.05) is 6.08 Å². The summed E-state index contributed by atoms with van der Waals surface area (Å²) in [6, 6.07) is 12.0. The number of methoxy groups -OCH3 is 3. The van der Waals surface area contributed by atoms with Gasteiger partial charge in [0.25, 0.3) is 0 Å². The Kier molecular flexibility index (Phi) is 7.53. The molecule has 0 aliphatic rings. The monoisotopic (exact) mass is 400 g/mol. The van der Waals surface area contributed by atoms with Gasteiger partial charge in [-0.3, -0.25) is 10.1 Å². The molecule has 0 fully saturated rings. The van der Waals surface area contributed by atoms with Crippen LogP contribution in [0.15, 0.2) is 48.5 Å². The van der Waals surface area contributed by atoms with Crippen molar-refractivity contribution in [1.29, 1.82) is 0 Å². The molecule has 2 rings (SSSR count). The number of nitrogens with one attached hydrogen (secondary N) is 2. The summed E-state index contributed by atoms with van der Waals surface area (Å²) in [5, 5.41) is 5.39. The number of thiocarbonyl (C=S) groups is 1. The van der Waals surface area contributed by atoms with Gasteiger partial charge in [-0.25, -0.2) is 4.79 Å². The number of anilines is 1. The Morgan fingerprint density at radius 1 is 1.00 bits per heavy atom. The number of benzene rings is 2. The predicted octanol–water partition coefficient (Wildman–Crippen LogP) is 3.02. The van der Waals surface area contributed by atoms with Gasteiger partial charge in [0.15, 0.2) is 16.6 Å². The van der Waals surface area contributed by atoms with Crippen molar-refractivity contribution in [2.24, 2.45) is 0 Å². The van der Waals surface area contributed by atoms with Crippen LogP contribution in [0.4, 0.5) is 5.69 Å². The van der Waals surface area contributed by atoms with Crippen LogP contribution in [0.25, 0.3) is 6.08 Å². The van der Waals surface area contributed by atoms with Gasteiger partial charge in [-0.05, 0) is 48.1 Å². The maximum Gasteiger partial charge on any atom is 0.339 e. The second-order valence-corrected chi connectivity index (χ2v) is 5.84. The van der Waals surface area contributed by atoms with Crippen LogP contribution < -0.4 is 20.1 Å². The van der Waals surface area contributed by atoms with E-state index in [2.05, 4.69) is 10.6 Å². The first-order valence-electron chi connectivity index (χ1n) is 8.18. The molecular formula is C20H20N2O5S. The molecule has 0 unspecified atom stereocenters. The molecule has 146 valence electrons. The zero-order chi connectivity index (χ0) is 20.5. The van der Waals surface area contributed by atoms with E-state index in [1.807, 2.05) is 0 Å². The fourth-order valence-corrected chi connectivity index (χ4v) is 2.53. The third kappa shape index (κ3) is 5.55. The topological polar surface area (TPSA) is 85.9 Å². The van der Waals surface area contributed by atoms with E-state index in [1.165, 1.54) is 20.3 Å². The van der Waals surface area contributed by atoms with E-state index in [9.17, 15) is 9.59 Å². The molecule has 1 amide bonds. The number of amides is 1. The van der Waals surface area contributed by atoms with E-state index >= 15 is 0 Å². The van der Waals surface area contributed by atoms with Crippen molar-refractivity contribution in [3.05, 3.63) is 59.7 Å². The summed E-state index contributed by atoms with van der Waals surface area (Å²) in [5.74, 6) is 0.217. The number of rotatable bonds is 6. The third-order valence-corrected chi connectivity index (χ3v) is 3.86. The molecule has 0 bridgehead atoms. The Labute approximate surface area is 168 Å². The van der Waals surface area contributed by atoms with Crippen molar-refractivity contribution >= 4 is 41.0 Å². The van der Waals surface area contributed by atoms with Crippen LogP contribution in [-0.4, -0.2) is 38.3 Å². The van der Waals surface area contributed by atoms with E-state index < -0.39 is 11.9 Å². The van der Waals surface area contributed by atoms with E-state index in [0.29, 0.717) is 22.7 Å². The van der Waals surface area contributed by atoms with Crippen LogP contribution in [0.5, 0.6) is 11.5 Å². The highest BCUT2D eigenvalue weighted by Crippen LogP contribution is 2.27. The highest BCUT2D eigenvalue weighted by Gasteiger charge is 2.12. The summed E-state index contributed by atoms with van der Waals surface area (Å²) >= 11 is 5.13. The summed E-state index contributed by atoms with van der Waals surface area (Å²) in [6.07, 6.45) is 2.95. The third-order valence-electron chi connectivity index (χ3n) is 3.65. The van der Waals surface area contributed by atoms with Gasteiger partial charge >= 0.3 is 5.97 Å². The van der Waals surface area contributed by atoms with Crippen molar-refractivity contribution in [1.82, 2.24) is 5.32 Å². The Bertz CT molecular complexity index is 911. The molecule has 28 heavy (non-hydrogen) atoms. The smallest absolute Gasteiger partial charge is 0.339 e. The largest absolute Gasteiger partial charge is 0.493 e. The molecule has 0 saturated carbocycles. The summed E-state index contributed by atoms with van der Waals surface area (Å²) in [4.78, 5) is 23.9. The zero-order valence-corrected chi connectivity index (χ0v) is 16.5. The van der Waals surface area contributed by atoms with Gasteiger partial charge in [-0.1, -0.05) is 18.2 Å². The summed E-state index contributed by atoms with van der Waals surface area (Å²) in [6.45, 7) is 0. The molecule has 2 N–H and O–H groups in total. The van der Waals surface area contributed by atoms with Gasteiger partial charge in [0.1, 0.15) is 0 Å². The van der Waals surface area contributed by atoms with Crippen LogP contribution >= 0.6 is 12.2 Å². The maximum atomic E-state index is 12.1. The average molecular weight is 400 g/mol. The van der Waals surface area contributed by atoms with Crippen molar-refractivity contribution in [2.75, 3.05) is 26.6 Å². The first-order chi connectivity index (χ1) is 13.5. The first kappa shape index (κ1) is 20.9. The molecule has 0 atom stereocenters. The van der Waals surface area contributed by atoms with Crippen molar-refractivity contribution in [2.45, 2.75) is 0 Å². The van der Waals surface area contributed by atoms with E-state index in [-0.39, 0.29) is 5.11 Å². The highest BCUT2D eigenvalue weighted by molar-refractivity contribution is 7.80. The minimum absolute atomic E-state index is 0.0540. The number of hydrogen-bond donors (Lipinski definition) is 2. The van der Waals surface area contributed by atoms with Gasteiger partial charge in [-0.15, -0.1) is 0 Å². The average Bonchev–Trinajstić information content (AvgIpc) is 2.71. The molecule has 0 saturated heterocycles. The summed E-state index contributed by atoms with van der Waals surface area (Å²) < 4.78 is 15.1. The Morgan fingerprint density at radius 2 is 1.71 bits per heavy atom. The number of ether oxygens (including phenoxy) is 3. The molecule has 2 aromatic rings. The lowest BCUT2D eigenvalue weighted by atomic mass is 10.2. The van der Waals surface area contributed by atoms with Crippen molar-refractivity contribution in [3.63, 3.8) is 0 Å². The lowest BCUT2D eigenvalue weighted by molar-refractivity contribution is -0.115. The van der Waals surface area contributed by atoms with Gasteiger partial charge in [-0.2, -0.15) is 0 Å². The Morgan fingerprint density at radius 3 is 2.39 bits per heavy atom. The quantitative estimate of drug-likeness (QED) is 0.438. The molecule has 0 aliphatic heterocycles. The van der Waals surface area contributed by atoms with Crippen LogP contribution in [-0.2, 0) is 9.53 Å². The first-order valence-corrected chi connectivity index (χ1v) is 8.58. The lowest BCUT2D eigenvalue weighted by Crippen LogP contribution is -2.33. The number of para-hydroxylation sites is 1. The summed E-state index contributed by atoms with van der Waals surface area (Å²) in [5.41, 5.74) is 1.49. The number of carbonyl (C=O) groups excluding carboxylic acids is 2. The highest BCUT2D eigenvalue weighted by atomic mass is 32.1. The number of hydrogen-bond acceptors (Lipinski definition) is 6. The minimum atomic E-state index is -0.509. The molecule has 0 radical (unpaired) electrons. The standard InChI is InChI=1S/C20H20N2O5S/c1-25-16-10-8-13(12-17(16)26-2)9-11-18(23)22-20(28)21-15-7-5-4-6-14(15)19(24)27-3/h4-12H,1-3H3,(H2,21,22,23,28)/b11-9+. The SMILES string of the molecule is COC(=O)c1ccccc1NC(=S)NC(=O)/C=C/c1ccc(OC)c(OC)c1. The van der Waals surface area contributed by atoms with Crippen LogP contribution in [0.2, 0.25) is 0 Å². The van der Waals surface area contributed by atoms with Crippen LogP contribution in [0.3, 0.4) is 0 Å². The molecular weight excluding hydrogens is 380 g/mol. The summed E-state index contributed by atoms with van der Waals surface area (Å²) in [7, 11) is 4.37. The van der Waals surface area contributed by atoms with Gasteiger partial charge in [0.05, 0.1) is 32.6 Å². The Balaban J connectivity index is 2.01. The van der Waals surface area contributed by atoms with Gasteiger partial charge < -0.3 is 19.5 Å². The second-order valence-electron chi connectivity index (χ2n) is 5.43. The molecule has 7 nitrogen and oxygen atoms in total. The Hall–Kier alpha value is -3.39. The van der Waals surface area contributed by atoms with E-state index in [1.54, 1.807) is 55.7 Å². The molecule has 0 heterocycles. The normalized spacial score (nSPS) is 10.2. The molecule has 0 aliphatic carbocycles. The fraction of sp³-hybridized carbons (Fsp3) is 0.150. The van der Waals surface area contributed by atoms with E-state index in [4.69, 9.17) is 26.4 Å². The van der Waals surface area contributed by atoms with Crippen molar-refractivity contribution < 1.29 is 23.8 Å². The predicted molar refractivity (Wildman–Crippen MR) is 111 cm³/mol. The second kappa shape index (κ2) is 10.1. The molecule has 0 spiro atoms. The van der Waals surface area contributed by atoms with Crippen LogP contribution in [0, 0.1) is 0 Å². The minimum Gasteiger partial charge on any atom is -0.493 e. The maximum absolute atomic E-state index is 12.1. The number of esters is 1. The molecule has 2 aromatic carbocycles. The molecule has 8 heteroatoms. The van der Waals surface area contributed by atoms with Crippen molar-refractivity contribution in [3.8, 4) is 11.5 Å². The van der Waals surface area contributed by atoms with Gasteiger partial charge in [0.2, 0.25) is 5.91 Å². The zero-order valence-electron chi connectivity index (χ0n) is 15.6. The van der Waals surface area contributed by atoms with E-state index in [0.717, 1.165) is 5.56 Å². The number of carbonyl (C=O) groups is 2.